The highest BCUT2D eigenvalue weighted by atomic mass is 16.3. The molecule has 0 rings (SSSR count). The fourth-order valence-corrected chi connectivity index (χ4v) is 1.34. The molecule has 0 bridgehead atoms. The van der Waals surface area contributed by atoms with Crippen LogP contribution >= 0.6 is 0 Å². The van der Waals surface area contributed by atoms with Gasteiger partial charge in [-0.15, -0.1) is 0 Å². The van der Waals surface area contributed by atoms with Crippen LogP contribution in [0.1, 0.15) is 38.5 Å². The third-order valence-corrected chi connectivity index (χ3v) is 2.32. The molecule has 0 saturated carbocycles. The number of aliphatic imine (C=N–C) groups is 1. The molecule has 0 heterocycles. The Morgan fingerprint density at radius 3 is 2.40 bits per heavy atom. The number of hydrogen-bond donors (Lipinski definition) is 2. The van der Waals surface area contributed by atoms with Crippen molar-refractivity contribution in [2.45, 2.75) is 50.7 Å². The van der Waals surface area contributed by atoms with Crippen molar-refractivity contribution in [1.82, 2.24) is 0 Å². The van der Waals surface area contributed by atoms with Gasteiger partial charge in [-0.25, -0.2) is 4.79 Å². The zero-order chi connectivity index (χ0) is 11.5. The molecule has 2 N–H and O–H groups in total. The lowest BCUT2D eigenvalue weighted by molar-refractivity contribution is 0.146. The average Bonchev–Trinajstić information content (AvgIpc) is 2.23. The van der Waals surface area contributed by atoms with E-state index in [1.165, 1.54) is 6.08 Å². The Morgan fingerprint density at radius 1 is 1.20 bits per heavy atom. The van der Waals surface area contributed by atoms with Crippen LogP contribution in [0.3, 0.4) is 0 Å². The molecule has 0 aliphatic rings. The van der Waals surface area contributed by atoms with Crippen LogP contribution in [-0.2, 0) is 4.79 Å². The average molecular weight is 214 g/mol. The van der Waals surface area contributed by atoms with Crippen LogP contribution in [-0.4, -0.2) is 35.0 Å². The van der Waals surface area contributed by atoms with E-state index < -0.39 is 12.1 Å². The third kappa shape index (κ3) is 8.30. The lowest BCUT2D eigenvalue weighted by atomic mass is 10.0. The summed E-state index contributed by atoms with van der Waals surface area (Å²) in [5.41, 5.74) is 0. The van der Waals surface area contributed by atoms with E-state index in [1.54, 1.807) is 0 Å². The van der Waals surface area contributed by atoms with Crippen LogP contribution in [0.25, 0.3) is 0 Å². The molecule has 0 fully saturated rings. The Morgan fingerprint density at radius 2 is 1.80 bits per heavy atom. The second-order valence-electron chi connectivity index (χ2n) is 3.64. The standard InChI is InChI=1S/C11H20NO3/c1-10(12-9-14)11(15)7-5-3-2-4-6-8-13/h10-11,13,15H,1-8H2. The van der Waals surface area contributed by atoms with E-state index in [4.69, 9.17) is 5.11 Å². The van der Waals surface area contributed by atoms with Gasteiger partial charge in [0.25, 0.3) is 0 Å². The molecule has 4 nitrogen and oxygen atoms in total. The zero-order valence-corrected chi connectivity index (χ0v) is 9.06. The molecule has 0 aromatic heterocycles. The molecule has 87 valence electrons. The van der Waals surface area contributed by atoms with Gasteiger partial charge in [0.2, 0.25) is 6.08 Å². The molecule has 0 aromatic carbocycles. The van der Waals surface area contributed by atoms with E-state index in [1.807, 2.05) is 0 Å². The minimum Gasteiger partial charge on any atom is -0.396 e. The fraction of sp³-hybridized carbons (Fsp3) is 0.818. The second-order valence-corrected chi connectivity index (χ2v) is 3.64. The summed E-state index contributed by atoms with van der Waals surface area (Å²) in [5.74, 6) is 0. The highest BCUT2D eigenvalue weighted by Crippen LogP contribution is 2.10. The highest BCUT2D eigenvalue weighted by molar-refractivity contribution is 5.33. The molecule has 0 aliphatic carbocycles. The van der Waals surface area contributed by atoms with Crippen LogP contribution in [0.2, 0.25) is 0 Å². The van der Waals surface area contributed by atoms with Gasteiger partial charge in [0, 0.05) is 6.61 Å². The minimum atomic E-state index is -0.649. The van der Waals surface area contributed by atoms with Crippen molar-refractivity contribution < 1.29 is 15.0 Å². The summed E-state index contributed by atoms with van der Waals surface area (Å²) in [7, 11) is 0. The molecule has 1 radical (unpaired) electrons. The first kappa shape index (κ1) is 14.3. The van der Waals surface area contributed by atoms with Crippen molar-refractivity contribution in [3.8, 4) is 0 Å². The van der Waals surface area contributed by atoms with Crippen molar-refractivity contribution in [1.29, 1.82) is 0 Å². The van der Waals surface area contributed by atoms with Gasteiger partial charge < -0.3 is 10.2 Å². The van der Waals surface area contributed by atoms with Crippen molar-refractivity contribution in [3.63, 3.8) is 0 Å². The Bertz CT molecular complexity index is 190. The van der Waals surface area contributed by atoms with Crippen molar-refractivity contribution >= 4 is 6.08 Å². The maximum absolute atomic E-state index is 9.90. The predicted molar refractivity (Wildman–Crippen MR) is 58.1 cm³/mol. The van der Waals surface area contributed by atoms with E-state index in [9.17, 15) is 9.90 Å². The second kappa shape index (κ2) is 9.84. The summed E-state index contributed by atoms with van der Waals surface area (Å²) in [5, 5.41) is 18.0. The SMILES string of the molecule is [CH2]C(N=C=O)C(O)CCCCCCCO. The van der Waals surface area contributed by atoms with Crippen LogP contribution in [0, 0.1) is 6.92 Å². The first-order valence-electron chi connectivity index (χ1n) is 5.41. The van der Waals surface area contributed by atoms with Crippen molar-refractivity contribution in [2.24, 2.45) is 4.99 Å². The summed E-state index contributed by atoms with van der Waals surface area (Å²) in [6.45, 7) is 3.79. The molecule has 2 atom stereocenters. The number of hydrogen-bond acceptors (Lipinski definition) is 4. The summed E-state index contributed by atoms with van der Waals surface area (Å²) in [4.78, 5) is 13.3. The third-order valence-electron chi connectivity index (χ3n) is 2.32. The number of unbranched alkanes of at least 4 members (excludes halogenated alkanes) is 4. The van der Waals surface area contributed by atoms with Gasteiger partial charge in [0.15, 0.2) is 0 Å². The number of aliphatic hydroxyl groups is 2. The van der Waals surface area contributed by atoms with Crippen LogP contribution in [0.4, 0.5) is 0 Å². The van der Waals surface area contributed by atoms with Gasteiger partial charge >= 0.3 is 0 Å². The van der Waals surface area contributed by atoms with Gasteiger partial charge in [0.05, 0.1) is 12.1 Å². The van der Waals surface area contributed by atoms with Gasteiger partial charge in [0.1, 0.15) is 0 Å². The summed E-state index contributed by atoms with van der Waals surface area (Å²) in [6.07, 6.45) is 6.20. The number of rotatable bonds is 9. The van der Waals surface area contributed by atoms with E-state index in [0.29, 0.717) is 6.42 Å². The Kier molecular flexibility index (Phi) is 9.38. The number of isocyanates is 1. The number of aliphatic hydroxyl groups excluding tert-OH is 2. The predicted octanol–water partition coefficient (Wildman–Crippen LogP) is 1.22. The molecular weight excluding hydrogens is 194 g/mol. The molecule has 0 spiro atoms. The van der Waals surface area contributed by atoms with Crippen LogP contribution in [0.5, 0.6) is 0 Å². The van der Waals surface area contributed by atoms with Crippen molar-refractivity contribution in [2.75, 3.05) is 6.61 Å². The van der Waals surface area contributed by atoms with E-state index >= 15 is 0 Å². The first-order valence-corrected chi connectivity index (χ1v) is 5.41. The molecule has 4 heteroatoms. The number of nitrogens with zero attached hydrogens (tertiary/aromatic N) is 1. The fourth-order valence-electron chi connectivity index (χ4n) is 1.34. The number of carbonyl (C=O) groups excluding carboxylic acids is 1. The van der Waals surface area contributed by atoms with Gasteiger partial charge in [-0.2, -0.15) is 4.99 Å². The molecule has 0 aromatic rings. The molecule has 15 heavy (non-hydrogen) atoms. The maximum Gasteiger partial charge on any atom is 0.235 e. The largest absolute Gasteiger partial charge is 0.396 e. The van der Waals surface area contributed by atoms with Gasteiger partial charge in [-0.1, -0.05) is 25.7 Å². The molecular formula is C11H20NO3. The van der Waals surface area contributed by atoms with Crippen LogP contribution < -0.4 is 0 Å². The van der Waals surface area contributed by atoms with E-state index in [-0.39, 0.29) is 6.61 Å². The lowest BCUT2D eigenvalue weighted by Gasteiger charge is -2.12. The zero-order valence-electron chi connectivity index (χ0n) is 9.06. The normalized spacial score (nSPS) is 14.3. The lowest BCUT2D eigenvalue weighted by Crippen LogP contribution is -2.20. The van der Waals surface area contributed by atoms with E-state index in [0.717, 1.165) is 32.1 Å². The Balaban J connectivity index is 3.38. The topological polar surface area (TPSA) is 69.9 Å². The summed E-state index contributed by atoms with van der Waals surface area (Å²) in [6, 6.07) is -0.597. The Labute approximate surface area is 91.0 Å². The van der Waals surface area contributed by atoms with Crippen molar-refractivity contribution in [3.05, 3.63) is 6.92 Å². The quantitative estimate of drug-likeness (QED) is 0.344. The molecule has 0 saturated heterocycles. The highest BCUT2D eigenvalue weighted by Gasteiger charge is 2.12. The summed E-state index contributed by atoms with van der Waals surface area (Å²) < 4.78 is 0. The smallest absolute Gasteiger partial charge is 0.235 e. The Hall–Kier alpha value is -0.700. The summed E-state index contributed by atoms with van der Waals surface area (Å²) >= 11 is 0. The van der Waals surface area contributed by atoms with E-state index in [2.05, 4.69) is 11.9 Å². The van der Waals surface area contributed by atoms with Gasteiger partial charge in [-0.3, -0.25) is 0 Å². The molecule has 0 aliphatic heterocycles. The first-order chi connectivity index (χ1) is 7.22. The molecule has 0 amide bonds. The maximum atomic E-state index is 9.90. The minimum absolute atomic E-state index is 0.248. The molecule has 2 unspecified atom stereocenters. The van der Waals surface area contributed by atoms with Gasteiger partial charge in [-0.05, 0) is 19.8 Å². The van der Waals surface area contributed by atoms with Crippen LogP contribution in [0.15, 0.2) is 4.99 Å². The monoisotopic (exact) mass is 214 g/mol.